The van der Waals surface area contributed by atoms with E-state index < -0.39 is 0 Å². The Bertz CT molecular complexity index is 436. The normalized spacial score (nSPS) is 23.0. The van der Waals surface area contributed by atoms with Crippen molar-refractivity contribution in [3.05, 3.63) is 29.8 Å². The summed E-state index contributed by atoms with van der Waals surface area (Å²) in [5, 5.41) is 13.5. The molecule has 3 nitrogen and oxygen atoms in total. The van der Waals surface area contributed by atoms with Crippen LogP contribution in [-0.4, -0.2) is 22.4 Å². The van der Waals surface area contributed by atoms with Gasteiger partial charge in [-0.2, -0.15) is 0 Å². The standard InChI is InChI=1S/C15H20BrNO2/c16-10-12-5-1-2-7-14(12)17-15(19)9-11-4-3-6-13(18)8-11/h3-4,6,8,12,14,18H,1-2,5,7,9-10H2,(H,17,19). The van der Waals surface area contributed by atoms with Crippen LogP contribution in [0.3, 0.4) is 0 Å². The zero-order valence-corrected chi connectivity index (χ0v) is 12.5. The zero-order valence-electron chi connectivity index (χ0n) is 10.9. The first-order valence-electron chi connectivity index (χ1n) is 6.82. The van der Waals surface area contributed by atoms with E-state index in [9.17, 15) is 9.90 Å². The molecule has 2 atom stereocenters. The van der Waals surface area contributed by atoms with Gasteiger partial charge in [0, 0.05) is 11.4 Å². The summed E-state index contributed by atoms with van der Waals surface area (Å²) < 4.78 is 0. The van der Waals surface area contributed by atoms with Gasteiger partial charge in [-0.05, 0) is 36.5 Å². The minimum Gasteiger partial charge on any atom is -0.508 e. The van der Waals surface area contributed by atoms with Crippen molar-refractivity contribution in [2.45, 2.75) is 38.1 Å². The van der Waals surface area contributed by atoms with Gasteiger partial charge in [0.2, 0.25) is 5.91 Å². The van der Waals surface area contributed by atoms with Crippen molar-refractivity contribution >= 4 is 21.8 Å². The molecule has 19 heavy (non-hydrogen) atoms. The van der Waals surface area contributed by atoms with Crippen molar-refractivity contribution in [2.24, 2.45) is 5.92 Å². The molecule has 1 aliphatic rings. The first-order chi connectivity index (χ1) is 9.19. The van der Waals surface area contributed by atoms with Crippen molar-refractivity contribution in [1.82, 2.24) is 5.32 Å². The average molecular weight is 326 g/mol. The summed E-state index contributed by atoms with van der Waals surface area (Å²) in [6.07, 6.45) is 5.04. The van der Waals surface area contributed by atoms with E-state index in [1.807, 2.05) is 6.07 Å². The molecule has 104 valence electrons. The lowest BCUT2D eigenvalue weighted by Gasteiger charge is -2.31. The molecule has 4 heteroatoms. The molecule has 0 saturated heterocycles. The number of benzene rings is 1. The van der Waals surface area contributed by atoms with E-state index in [1.54, 1.807) is 18.2 Å². The van der Waals surface area contributed by atoms with E-state index in [0.717, 1.165) is 17.3 Å². The summed E-state index contributed by atoms with van der Waals surface area (Å²) in [5.74, 6) is 0.798. The minimum atomic E-state index is 0.0449. The van der Waals surface area contributed by atoms with Gasteiger partial charge in [-0.3, -0.25) is 4.79 Å². The molecule has 1 aromatic rings. The Balaban J connectivity index is 1.90. The van der Waals surface area contributed by atoms with E-state index in [1.165, 1.54) is 19.3 Å². The molecular formula is C15H20BrNO2. The predicted molar refractivity (Wildman–Crippen MR) is 79.5 cm³/mol. The highest BCUT2D eigenvalue weighted by atomic mass is 79.9. The fraction of sp³-hybridized carbons (Fsp3) is 0.533. The minimum absolute atomic E-state index is 0.0449. The van der Waals surface area contributed by atoms with Gasteiger partial charge in [0.15, 0.2) is 0 Å². The van der Waals surface area contributed by atoms with Crippen LogP contribution in [0.25, 0.3) is 0 Å². The third-order valence-electron chi connectivity index (χ3n) is 3.73. The first kappa shape index (κ1) is 14.4. The number of aromatic hydroxyl groups is 1. The van der Waals surface area contributed by atoms with Crippen LogP contribution in [0.1, 0.15) is 31.2 Å². The zero-order chi connectivity index (χ0) is 13.7. The van der Waals surface area contributed by atoms with Gasteiger partial charge < -0.3 is 10.4 Å². The Labute approximate surface area is 122 Å². The van der Waals surface area contributed by atoms with Gasteiger partial charge in [0.1, 0.15) is 5.75 Å². The molecule has 1 amide bonds. The lowest BCUT2D eigenvalue weighted by molar-refractivity contribution is -0.121. The third kappa shape index (κ3) is 4.23. The van der Waals surface area contributed by atoms with Gasteiger partial charge in [-0.1, -0.05) is 40.9 Å². The molecule has 2 unspecified atom stereocenters. The summed E-state index contributed by atoms with van der Waals surface area (Å²) >= 11 is 3.53. The maximum absolute atomic E-state index is 12.0. The van der Waals surface area contributed by atoms with Crippen molar-refractivity contribution < 1.29 is 9.90 Å². The number of nitrogens with one attached hydrogen (secondary N) is 1. The van der Waals surface area contributed by atoms with Crippen molar-refractivity contribution in [3.63, 3.8) is 0 Å². The molecule has 1 aliphatic carbocycles. The van der Waals surface area contributed by atoms with Crippen LogP contribution in [0.15, 0.2) is 24.3 Å². The second kappa shape index (κ2) is 6.94. The Morgan fingerprint density at radius 2 is 2.16 bits per heavy atom. The van der Waals surface area contributed by atoms with Gasteiger partial charge in [0.25, 0.3) is 0 Å². The highest BCUT2D eigenvalue weighted by Crippen LogP contribution is 2.26. The topological polar surface area (TPSA) is 49.3 Å². The quantitative estimate of drug-likeness (QED) is 0.836. The van der Waals surface area contributed by atoms with Crippen molar-refractivity contribution in [1.29, 1.82) is 0 Å². The van der Waals surface area contributed by atoms with E-state index >= 15 is 0 Å². The summed E-state index contributed by atoms with van der Waals surface area (Å²) in [6, 6.07) is 7.17. The number of halogens is 1. The molecule has 0 heterocycles. The molecule has 2 N–H and O–H groups in total. The van der Waals surface area contributed by atoms with Crippen LogP contribution in [0.2, 0.25) is 0 Å². The number of hydrogen-bond acceptors (Lipinski definition) is 2. The predicted octanol–water partition coefficient (Wildman–Crippen LogP) is 3.00. The summed E-state index contributed by atoms with van der Waals surface area (Å²) in [4.78, 5) is 12.0. The van der Waals surface area contributed by atoms with Crippen LogP contribution in [0, 0.1) is 5.92 Å². The lowest BCUT2D eigenvalue weighted by Crippen LogP contribution is -2.43. The van der Waals surface area contributed by atoms with Gasteiger partial charge in [-0.25, -0.2) is 0 Å². The lowest BCUT2D eigenvalue weighted by atomic mass is 9.86. The summed E-state index contributed by atoms with van der Waals surface area (Å²) in [5.41, 5.74) is 0.851. The van der Waals surface area contributed by atoms with Gasteiger partial charge in [-0.15, -0.1) is 0 Å². The SMILES string of the molecule is O=C(Cc1cccc(O)c1)NC1CCCCC1CBr. The number of phenols is 1. The number of carbonyl (C=O) groups excluding carboxylic acids is 1. The number of amides is 1. The van der Waals surface area contributed by atoms with Crippen LogP contribution < -0.4 is 5.32 Å². The molecular weight excluding hydrogens is 306 g/mol. The maximum atomic E-state index is 12.0. The molecule has 0 spiro atoms. The number of carbonyl (C=O) groups is 1. The number of phenolic OH excluding ortho intramolecular Hbond substituents is 1. The Hall–Kier alpha value is -1.03. The Morgan fingerprint density at radius 1 is 1.37 bits per heavy atom. The molecule has 1 saturated carbocycles. The monoisotopic (exact) mass is 325 g/mol. The largest absolute Gasteiger partial charge is 0.508 e. The molecule has 1 aromatic carbocycles. The van der Waals surface area contributed by atoms with E-state index in [2.05, 4.69) is 21.2 Å². The number of hydrogen-bond donors (Lipinski definition) is 2. The molecule has 2 rings (SSSR count). The number of rotatable bonds is 4. The van der Waals surface area contributed by atoms with Crippen molar-refractivity contribution in [3.8, 4) is 5.75 Å². The molecule has 0 radical (unpaired) electrons. The molecule has 0 aliphatic heterocycles. The molecule has 1 fully saturated rings. The Morgan fingerprint density at radius 3 is 2.89 bits per heavy atom. The van der Waals surface area contributed by atoms with Gasteiger partial charge in [0.05, 0.1) is 6.42 Å². The molecule has 0 aromatic heterocycles. The van der Waals surface area contributed by atoms with Crippen LogP contribution >= 0.6 is 15.9 Å². The van der Waals surface area contributed by atoms with Crippen LogP contribution in [0.4, 0.5) is 0 Å². The van der Waals surface area contributed by atoms with Crippen LogP contribution in [0.5, 0.6) is 5.75 Å². The third-order valence-corrected chi connectivity index (χ3v) is 4.56. The smallest absolute Gasteiger partial charge is 0.224 e. The highest BCUT2D eigenvalue weighted by molar-refractivity contribution is 9.09. The number of alkyl halides is 1. The summed E-state index contributed by atoms with van der Waals surface area (Å²) in [7, 11) is 0. The fourth-order valence-electron chi connectivity index (χ4n) is 2.69. The fourth-order valence-corrected chi connectivity index (χ4v) is 3.47. The first-order valence-corrected chi connectivity index (χ1v) is 7.94. The highest BCUT2D eigenvalue weighted by Gasteiger charge is 2.25. The van der Waals surface area contributed by atoms with E-state index in [0.29, 0.717) is 12.3 Å². The van der Waals surface area contributed by atoms with Crippen LogP contribution in [-0.2, 0) is 11.2 Å². The van der Waals surface area contributed by atoms with Gasteiger partial charge >= 0.3 is 0 Å². The molecule has 0 bridgehead atoms. The Kier molecular flexibility index (Phi) is 5.25. The second-order valence-electron chi connectivity index (χ2n) is 5.22. The second-order valence-corrected chi connectivity index (χ2v) is 5.87. The van der Waals surface area contributed by atoms with E-state index in [-0.39, 0.29) is 17.7 Å². The average Bonchev–Trinajstić information content (AvgIpc) is 2.39. The summed E-state index contributed by atoms with van der Waals surface area (Å²) in [6.45, 7) is 0. The van der Waals surface area contributed by atoms with E-state index in [4.69, 9.17) is 0 Å². The van der Waals surface area contributed by atoms with Crippen molar-refractivity contribution in [2.75, 3.05) is 5.33 Å². The maximum Gasteiger partial charge on any atom is 0.224 e.